The van der Waals surface area contributed by atoms with Gasteiger partial charge in [0.1, 0.15) is 13.2 Å². The summed E-state index contributed by atoms with van der Waals surface area (Å²) in [5, 5.41) is 21.1. The Bertz CT molecular complexity index is 1360. The molecule has 0 spiro atoms. The van der Waals surface area contributed by atoms with E-state index in [1.165, 1.54) is 64.8 Å². The largest absolute Gasteiger partial charge is 0.445 e. The molecule has 2 aromatic carbocycles. The maximum absolute atomic E-state index is 12.8. The van der Waals surface area contributed by atoms with E-state index in [9.17, 15) is 34.6 Å². The van der Waals surface area contributed by atoms with Gasteiger partial charge in [-0.2, -0.15) is 11.8 Å². The van der Waals surface area contributed by atoms with Crippen LogP contribution in [-0.2, 0) is 27.5 Å². The van der Waals surface area contributed by atoms with E-state index < -0.39 is 22.0 Å². The number of carbonyl (C=O) groups excluding carboxylic acids is 3. The van der Waals surface area contributed by atoms with Gasteiger partial charge in [-0.05, 0) is 48.7 Å². The Hall–Kier alpha value is -4.31. The second kappa shape index (κ2) is 15.8. The number of ether oxygens (including phenoxy) is 2. The van der Waals surface area contributed by atoms with Crippen LogP contribution < -0.4 is 5.73 Å². The van der Waals surface area contributed by atoms with E-state index in [1.54, 1.807) is 24.0 Å². The molecule has 231 valence electrons. The van der Waals surface area contributed by atoms with Gasteiger partial charge in [-0.3, -0.25) is 29.9 Å². The molecule has 0 aliphatic carbocycles. The summed E-state index contributed by atoms with van der Waals surface area (Å²) in [6.45, 7) is 5.08. The smallest absolute Gasteiger partial charge is 0.410 e. The van der Waals surface area contributed by atoms with Crippen molar-refractivity contribution in [3.05, 3.63) is 91.0 Å². The number of nitro benzene ring substituents is 2. The number of nitrogens with zero attached hydrogens (tertiary/aromatic N) is 4. The monoisotopic (exact) mass is 634 g/mol. The van der Waals surface area contributed by atoms with Gasteiger partial charge in [0.2, 0.25) is 0 Å². The predicted octanol–water partition coefficient (Wildman–Crippen LogP) is 4.74. The third kappa shape index (κ3) is 10.2. The van der Waals surface area contributed by atoms with Crippen LogP contribution in [0.25, 0.3) is 0 Å². The molecule has 1 fully saturated rings. The van der Waals surface area contributed by atoms with Crippen molar-refractivity contribution in [2.45, 2.75) is 44.8 Å². The fraction of sp³-hybridized carbons (Fsp3) is 0.370. The molecule has 2 heterocycles. The number of nitrogens with two attached hydrogens (primary N) is 1. The quantitative estimate of drug-likeness (QED) is 0.220. The second-order valence-electron chi connectivity index (χ2n) is 9.40. The minimum Gasteiger partial charge on any atom is -0.445 e. The van der Waals surface area contributed by atoms with Crippen LogP contribution in [0.4, 0.5) is 21.0 Å². The highest BCUT2D eigenvalue weighted by Crippen LogP contribution is 2.39. The lowest BCUT2D eigenvalue weighted by atomic mass is 10.2. The number of thioether (sulfide) groups is 1. The maximum Gasteiger partial charge on any atom is 0.410 e. The molecule has 1 saturated heterocycles. The van der Waals surface area contributed by atoms with E-state index in [2.05, 4.69) is 22.8 Å². The van der Waals surface area contributed by atoms with E-state index in [-0.39, 0.29) is 41.0 Å². The summed E-state index contributed by atoms with van der Waals surface area (Å²) < 4.78 is 9.98. The van der Waals surface area contributed by atoms with Crippen molar-refractivity contribution in [2.24, 2.45) is 5.73 Å². The number of benzene rings is 2. The highest BCUT2D eigenvalue weighted by molar-refractivity contribution is 8.14. The van der Waals surface area contributed by atoms with E-state index in [0.717, 1.165) is 18.8 Å². The van der Waals surface area contributed by atoms with E-state index in [0.29, 0.717) is 17.7 Å². The standard InChI is InChI=1S/C19H24N3O5S2.C8H8N2O4/c1-3-20-10-18(28-12-20)17-8-16(29-13(2)23)9-21(17)19(24)27-11-14-4-6-15(7-5-14)22(25)26;9-8(11)14-5-6-1-3-7(4-2-6)10(12)13/h4-7,10,16-17,28H,3,8-9,11-12H2,1-2H3;1-4H,5H2,(H2,9,11)/t16-,17-;/m0./s1. The first kappa shape index (κ1) is 33.2. The summed E-state index contributed by atoms with van der Waals surface area (Å²) in [4.78, 5) is 59.7. The van der Waals surface area contributed by atoms with Crippen LogP contribution in [0.2, 0.25) is 0 Å². The number of likely N-dealkylation sites (tertiary alicyclic amines) is 1. The average molecular weight is 635 g/mol. The molecule has 0 saturated carbocycles. The van der Waals surface area contributed by atoms with Crippen LogP contribution in [0.1, 0.15) is 31.4 Å². The molecular formula is C27H32N5O9S2. The van der Waals surface area contributed by atoms with Gasteiger partial charge in [0.05, 0.1) is 21.8 Å². The van der Waals surface area contributed by atoms with Crippen molar-refractivity contribution in [1.29, 1.82) is 0 Å². The lowest BCUT2D eigenvalue weighted by molar-refractivity contribution is -0.385. The van der Waals surface area contributed by atoms with Gasteiger partial charge in [-0.1, -0.05) is 11.8 Å². The van der Waals surface area contributed by atoms with Gasteiger partial charge in [0.15, 0.2) is 5.12 Å². The first-order valence-electron chi connectivity index (χ1n) is 13.1. The van der Waals surface area contributed by atoms with Gasteiger partial charge in [0, 0.05) is 60.6 Å². The molecule has 43 heavy (non-hydrogen) atoms. The second-order valence-corrected chi connectivity index (χ2v) is 12.0. The highest BCUT2D eigenvalue weighted by atomic mass is 32.2. The summed E-state index contributed by atoms with van der Waals surface area (Å²) in [5.41, 5.74) is 6.07. The van der Waals surface area contributed by atoms with Crippen LogP contribution in [0.15, 0.2) is 59.6 Å². The van der Waals surface area contributed by atoms with Crippen molar-refractivity contribution in [3.8, 4) is 0 Å². The Balaban J connectivity index is 0.000000303. The Morgan fingerprint density at radius 3 is 1.95 bits per heavy atom. The fourth-order valence-electron chi connectivity index (χ4n) is 4.23. The number of hydrogen-bond acceptors (Lipinski definition) is 11. The summed E-state index contributed by atoms with van der Waals surface area (Å²) in [7, 11) is 0. The van der Waals surface area contributed by atoms with Gasteiger partial charge in [-0.25, -0.2) is 9.59 Å². The Kier molecular flexibility index (Phi) is 12.2. The number of amides is 2. The van der Waals surface area contributed by atoms with Crippen LogP contribution in [0.5, 0.6) is 0 Å². The topological polar surface area (TPSA) is 188 Å². The Morgan fingerprint density at radius 1 is 0.977 bits per heavy atom. The van der Waals surface area contributed by atoms with Crippen molar-refractivity contribution in [3.63, 3.8) is 0 Å². The van der Waals surface area contributed by atoms with Gasteiger partial charge in [-0.15, -0.1) is 0 Å². The molecule has 2 atom stereocenters. The molecule has 0 aromatic heterocycles. The number of primary amides is 1. The first-order chi connectivity index (χ1) is 20.5. The predicted molar refractivity (Wildman–Crippen MR) is 162 cm³/mol. The minimum absolute atomic E-state index is 0.00330. The minimum atomic E-state index is -0.872. The molecule has 0 unspecified atom stereocenters. The van der Waals surface area contributed by atoms with Crippen LogP contribution in [0, 0.1) is 20.2 Å². The SMILES string of the molecule is CCN1C=C([C@@H]2C[C@H](SC(C)=O)CN2C(=O)OCc2ccc([N+](=O)[O-])cc2)[SH]C1.NC(=O)OCc1ccc([N+](=O)[O-])cc1. The third-order valence-corrected chi connectivity index (χ3v) is 8.66. The fourth-order valence-corrected chi connectivity index (χ4v) is 6.54. The number of rotatable bonds is 9. The Morgan fingerprint density at radius 2 is 1.51 bits per heavy atom. The van der Waals surface area contributed by atoms with Crippen LogP contribution in [-0.4, -0.2) is 67.2 Å². The zero-order valence-electron chi connectivity index (χ0n) is 23.5. The molecule has 2 aliphatic heterocycles. The zero-order chi connectivity index (χ0) is 31.5. The van der Waals surface area contributed by atoms with Crippen LogP contribution in [0.3, 0.4) is 0 Å². The van der Waals surface area contributed by atoms with Crippen molar-refractivity contribution < 1.29 is 33.7 Å². The number of carbonyl (C=O) groups is 3. The first-order valence-corrected chi connectivity index (χ1v) is 15.1. The van der Waals surface area contributed by atoms with Gasteiger partial charge in [0.25, 0.3) is 11.4 Å². The van der Waals surface area contributed by atoms with Gasteiger partial charge >= 0.3 is 12.2 Å². The number of nitro groups is 2. The molecule has 4 rings (SSSR count). The van der Waals surface area contributed by atoms with Crippen molar-refractivity contribution in [2.75, 3.05) is 19.0 Å². The van der Waals surface area contributed by atoms with Crippen LogP contribution >= 0.6 is 23.5 Å². The molecule has 1 radical (unpaired) electrons. The molecular weight excluding hydrogens is 602 g/mol. The van der Waals surface area contributed by atoms with E-state index in [1.807, 2.05) is 0 Å². The molecule has 0 bridgehead atoms. The Labute approximate surface area is 255 Å². The number of thiol groups is 1. The number of non-ortho nitro benzene ring substituents is 2. The van der Waals surface area contributed by atoms with E-state index >= 15 is 0 Å². The van der Waals surface area contributed by atoms with Crippen molar-refractivity contribution in [1.82, 2.24) is 9.80 Å². The lowest BCUT2D eigenvalue weighted by Crippen LogP contribution is -2.36. The number of hydrogen-bond donors (Lipinski definition) is 2. The van der Waals surface area contributed by atoms with Crippen molar-refractivity contribution >= 4 is 52.2 Å². The molecule has 2 aliphatic rings. The zero-order valence-corrected chi connectivity index (χ0v) is 25.2. The third-order valence-electron chi connectivity index (χ3n) is 6.36. The summed E-state index contributed by atoms with van der Waals surface area (Å²) in [5.74, 6) is 0.915. The summed E-state index contributed by atoms with van der Waals surface area (Å²) in [6.07, 6.45) is 1.55. The summed E-state index contributed by atoms with van der Waals surface area (Å²) >= 11 is 2.45. The molecule has 2 N–H and O–H groups in total. The summed E-state index contributed by atoms with van der Waals surface area (Å²) in [6, 6.07) is 11.5. The lowest BCUT2D eigenvalue weighted by Gasteiger charge is -2.24. The van der Waals surface area contributed by atoms with E-state index in [4.69, 9.17) is 10.5 Å². The maximum atomic E-state index is 12.8. The molecule has 14 nitrogen and oxygen atoms in total. The molecule has 2 amide bonds. The molecule has 2 aromatic rings. The van der Waals surface area contributed by atoms with Gasteiger partial charge < -0.3 is 20.1 Å². The highest BCUT2D eigenvalue weighted by Gasteiger charge is 2.40. The normalized spacial score (nSPS) is 17.4. The average Bonchev–Trinajstić information content (AvgIpc) is 3.62. The molecule has 16 heteroatoms.